The highest BCUT2D eigenvalue weighted by atomic mass is 16.6. The molecule has 0 radical (unpaired) electrons. The van der Waals surface area contributed by atoms with Gasteiger partial charge in [-0.2, -0.15) is 0 Å². The molecule has 0 aliphatic carbocycles. The topological polar surface area (TPSA) is 151 Å². The van der Waals surface area contributed by atoms with Crippen molar-refractivity contribution < 1.29 is 29.0 Å². The van der Waals surface area contributed by atoms with Crippen LogP contribution in [0.15, 0.2) is 24.3 Å². The highest BCUT2D eigenvalue weighted by Gasteiger charge is 2.37. The Morgan fingerprint density at radius 3 is 2.08 bits per heavy atom. The highest BCUT2D eigenvalue weighted by Crippen LogP contribution is 2.26. The lowest BCUT2D eigenvalue weighted by molar-refractivity contribution is -0.144. The maximum Gasteiger partial charge on any atom is 0.408 e. The first-order valence-electron chi connectivity index (χ1n) is 12.7. The summed E-state index contributed by atoms with van der Waals surface area (Å²) < 4.78 is 5.28. The van der Waals surface area contributed by atoms with E-state index in [4.69, 9.17) is 10.5 Å². The van der Waals surface area contributed by atoms with Crippen LogP contribution in [-0.2, 0) is 19.1 Å². The Hall–Kier alpha value is -3.30. The van der Waals surface area contributed by atoms with Crippen LogP contribution in [0.3, 0.4) is 0 Å². The predicted molar refractivity (Wildman–Crippen MR) is 142 cm³/mol. The van der Waals surface area contributed by atoms with Gasteiger partial charge in [-0.3, -0.25) is 14.4 Å². The van der Waals surface area contributed by atoms with E-state index < -0.39 is 53.5 Å². The van der Waals surface area contributed by atoms with E-state index in [0.717, 1.165) is 19.3 Å². The zero-order valence-corrected chi connectivity index (χ0v) is 23.2. The van der Waals surface area contributed by atoms with Gasteiger partial charge >= 0.3 is 6.09 Å². The molecule has 2 unspecified atom stereocenters. The Kier molecular flexibility index (Phi) is 11.9. The number of hydrogen-bond acceptors (Lipinski definition) is 6. The summed E-state index contributed by atoms with van der Waals surface area (Å²) in [5.41, 5.74) is 4.46. The molecule has 37 heavy (non-hydrogen) atoms. The lowest BCUT2D eigenvalue weighted by atomic mass is 9.99. The van der Waals surface area contributed by atoms with Gasteiger partial charge in [0, 0.05) is 12.1 Å². The number of phenolic OH excluding ortho intramolecular Hbond substituents is 1. The molecule has 0 aromatic heterocycles. The monoisotopic (exact) mass is 520 g/mol. The Morgan fingerprint density at radius 2 is 1.59 bits per heavy atom. The molecule has 10 nitrogen and oxygen atoms in total. The summed E-state index contributed by atoms with van der Waals surface area (Å²) in [5, 5.41) is 15.2. The van der Waals surface area contributed by atoms with Gasteiger partial charge in [-0.25, -0.2) is 4.79 Å². The number of unbranched alkanes of at least 4 members (excludes halogenated alkanes) is 3. The summed E-state index contributed by atoms with van der Waals surface area (Å²) >= 11 is 0. The highest BCUT2D eigenvalue weighted by molar-refractivity contribution is 5.94. The van der Waals surface area contributed by atoms with Crippen molar-refractivity contribution in [2.75, 3.05) is 6.54 Å². The van der Waals surface area contributed by atoms with Crippen LogP contribution in [0.25, 0.3) is 0 Å². The minimum absolute atomic E-state index is 0.0118. The number of benzene rings is 1. The SMILES string of the molecule is CCCCCCN(C(=O)C(CC(N)=O)NC(=O)OC(C)(C)C)C(C(=O)NC(C)(C)C)c1ccc(O)cc1. The van der Waals surface area contributed by atoms with E-state index in [-0.39, 0.29) is 12.3 Å². The number of nitrogens with one attached hydrogen (secondary N) is 2. The molecule has 0 fully saturated rings. The molecule has 1 aromatic rings. The Labute approximate surface area is 220 Å². The van der Waals surface area contributed by atoms with Gasteiger partial charge in [-0.05, 0) is 65.7 Å². The van der Waals surface area contributed by atoms with Crippen molar-refractivity contribution >= 4 is 23.8 Å². The number of phenols is 1. The molecule has 0 saturated carbocycles. The van der Waals surface area contributed by atoms with Crippen molar-refractivity contribution in [3.8, 4) is 5.75 Å². The fourth-order valence-corrected chi connectivity index (χ4v) is 3.69. The zero-order chi connectivity index (χ0) is 28.4. The van der Waals surface area contributed by atoms with Gasteiger partial charge in [0.25, 0.3) is 0 Å². The standard InChI is InChI=1S/C27H44N4O6/c1-8-9-10-11-16-31(24(35)20(17-21(28)33)29-25(36)37-27(5,6)7)22(23(34)30-26(2,3)4)18-12-14-19(32)15-13-18/h12-15,20,22,32H,8-11,16-17H2,1-7H3,(H2,28,33)(H,29,36)(H,30,34). The van der Waals surface area contributed by atoms with Crippen LogP contribution >= 0.6 is 0 Å². The molecule has 1 aromatic carbocycles. The smallest absolute Gasteiger partial charge is 0.408 e. The number of amides is 4. The van der Waals surface area contributed by atoms with Gasteiger partial charge in [0.05, 0.1) is 6.42 Å². The molecule has 10 heteroatoms. The van der Waals surface area contributed by atoms with Crippen molar-refractivity contribution in [3.63, 3.8) is 0 Å². The second kappa shape index (κ2) is 13.9. The maximum absolute atomic E-state index is 13.9. The third kappa shape index (κ3) is 12.0. The number of nitrogens with two attached hydrogens (primary N) is 1. The Morgan fingerprint density at radius 1 is 1.00 bits per heavy atom. The van der Waals surface area contributed by atoms with Crippen molar-refractivity contribution in [2.45, 2.75) is 104 Å². The van der Waals surface area contributed by atoms with E-state index in [9.17, 15) is 24.3 Å². The van der Waals surface area contributed by atoms with E-state index >= 15 is 0 Å². The van der Waals surface area contributed by atoms with Crippen LogP contribution in [0.1, 0.15) is 92.2 Å². The number of aromatic hydroxyl groups is 1. The summed E-state index contributed by atoms with van der Waals surface area (Å²) in [4.78, 5) is 53.2. The summed E-state index contributed by atoms with van der Waals surface area (Å²) in [6.07, 6.45) is 2.01. The molecule has 2 atom stereocenters. The molecule has 0 saturated heterocycles. The zero-order valence-electron chi connectivity index (χ0n) is 23.2. The Balaban J connectivity index is 3.51. The number of nitrogens with zero attached hydrogens (tertiary/aromatic N) is 1. The molecule has 4 amide bonds. The fraction of sp³-hybridized carbons (Fsp3) is 0.630. The van der Waals surface area contributed by atoms with Gasteiger partial charge in [0.15, 0.2) is 0 Å². The maximum atomic E-state index is 13.9. The second-order valence-electron chi connectivity index (χ2n) is 11.2. The third-order valence-corrected chi connectivity index (χ3v) is 5.20. The van der Waals surface area contributed by atoms with Gasteiger partial charge in [-0.15, -0.1) is 0 Å². The number of carbonyl (C=O) groups excluding carboxylic acids is 4. The lowest BCUT2D eigenvalue weighted by Crippen LogP contribution is -2.55. The first-order valence-corrected chi connectivity index (χ1v) is 12.7. The van der Waals surface area contributed by atoms with Crippen molar-refractivity contribution in [2.24, 2.45) is 5.73 Å². The van der Waals surface area contributed by atoms with Crippen LogP contribution in [0.5, 0.6) is 5.75 Å². The minimum Gasteiger partial charge on any atom is -0.508 e. The van der Waals surface area contributed by atoms with E-state index in [2.05, 4.69) is 17.6 Å². The number of carbonyl (C=O) groups is 4. The van der Waals surface area contributed by atoms with Crippen molar-refractivity contribution in [3.05, 3.63) is 29.8 Å². The van der Waals surface area contributed by atoms with E-state index in [0.29, 0.717) is 12.0 Å². The number of rotatable bonds is 12. The molecule has 0 bridgehead atoms. The molecule has 0 spiro atoms. The molecular formula is C27H44N4O6. The number of alkyl carbamates (subject to hydrolysis) is 1. The predicted octanol–water partition coefficient (Wildman–Crippen LogP) is 3.53. The van der Waals surface area contributed by atoms with E-state index in [1.165, 1.54) is 17.0 Å². The summed E-state index contributed by atoms with van der Waals surface area (Å²) in [6.45, 7) is 12.8. The summed E-state index contributed by atoms with van der Waals surface area (Å²) in [6, 6.07) is 3.60. The quantitative estimate of drug-likeness (QED) is 0.310. The largest absolute Gasteiger partial charge is 0.508 e. The lowest BCUT2D eigenvalue weighted by Gasteiger charge is -2.36. The summed E-state index contributed by atoms with van der Waals surface area (Å²) in [5.74, 6) is -1.85. The van der Waals surface area contributed by atoms with Crippen LogP contribution < -0.4 is 16.4 Å². The van der Waals surface area contributed by atoms with Gasteiger partial charge in [-0.1, -0.05) is 38.3 Å². The molecule has 5 N–H and O–H groups in total. The third-order valence-electron chi connectivity index (χ3n) is 5.20. The molecule has 1 rings (SSSR count). The molecule has 208 valence electrons. The second-order valence-corrected chi connectivity index (χ2v) is 11.2. The average molecular weight is 521 g/mol. The first kappa shape index (κ1) is 31.7. The van der Waals surface area contributed by atoms with Crippen LogP contribution in [0.4, 0.5) is 4.79 Å². The van der Waals surface area contributed by atoms with Crippen LogP contribution in [0.2, 0.25) is 0 Å². The Bertz CT molecular complexity index is 918. The molecule has 0 aliphatic heterocycles. The van der Waals surface area contributed by atoms with Crippen LogP contribution in [0, 0.1) is 0 Å². The van der Waals surface area contributed by atoms with Gasteiger partial charge < -0.3 is 31.1 Å². The normalized spacial score (nSPS) is 13.3. The van der Waals surface area contributed by atoms with E-state index in [1.54, 1.807) is 32.9 Å². The first-order chi connectivity index (χ1) is 17.0. The molecular weight excluding hydrogens is 476 g/mol. The van der Waals surface area contributed by atoms with Crippen molar-refractivity contribution in [1.29, 1.82) is 0 Å². The van der Waals surface area contributed by atoms with Crippen molar-refractivity contribution in [1.82, 2.24) is 15.5 Å². The number of hydrogen-bond donors (Lipinski definition) is 4. The fourth-order valence-electron chi connectivity index (χ4n) is 3.69. The molecule has 0 heterocycles. The molecule has 0 aliphatic rings. The minimum atomic E-state index is -1.33. The van der Waals surface area contributed by atoms with Crippen LogP contribution in [-0.4, -0.2) is 57.5 Å². The van der Waals surface area contributed by atoms with E-state index in [1.807, 2.05) is 20.8 Å². The summed E-state index contributed by atoms with van der Waals surface area (Å²) in [7, 11) is 0. The number of primary amides is 1. The van der Waals surface area contributed by atoms with Gasteiger partial charge in [0.1, 0.15) is 23.4 Å². The van der Waals surface area contributed by atoms with Gasteiger partial charge in [0.2, 0.25) is 17.7 Å². The average Bonchev–Trinajstić information content (AvgIpc) is 2.73. The number of ether oxygens (including phenoxy) is 1.